The van der Waals surface area contributed by atoms with Crippen LogP contribution >= 0.6 is 11.3 Å². The molecule has 18 heavy (non-hydrogen) atoms. The largest absolute Gasteiger partial charge is 0.294 e. The summed E-state index contributed by atoms with van der Waals surface area (Å²) in [4.78, 5) is 13.9. The van der Waals surface area contributed by atoms with Crippen molar-refractivity contribution in [2.75, 3.05) is 0 Å². The zero-order chi connectivity index (χ0) is 13.1. The quantitative estimate of drug-likeness (QED) is 0.764. The number of hydrogen-bond donors (Lipinski definition) is 0. The van der Waals surface area contributed by atoms with E-state index in [1.165, 1.54) is 16.2 Å². The van der Waals surface area contributed by atoms with Gasteiger partial charge >= 0.3 is 0 Å². The van der Waals surface area contributed by atoms with Crippen molar-refractivity contribution in [2.45, 2.75) is 19.8 Å². The summed E-state index contributed by atoms with van der Waals surface area (Å²) in [5.41, 5.74) is -0.179. The van der Waals surface area contributed by atoms with Crippen LogP contribution in [-0.2, 0) is 12.8 Å². The van der Waals surface area contributed by atoms with E-state index in [0.29, 0.717) is 0 Å². The topological polar surface area (TPSA) is 17.1 Å². The molecule has 0 atom stereocenters. The zero-order valence-corrected chi connectivity index (χ0v) is 10.7. The Morgan fingerprint density at radius 2 is 1.89 bits per heavy atom. The lowest BCUT2D eigenvalue weighted by Gasteiger charge is -2.01. The van der Waals surface area contributed by atoms with Crippen LogP contribution in [0.25, 0.3) is 0 Å². The highest BCUT2D eigenvalue weighted by atomic mass is 32.1. The van der Waals surface area contributed by atoms with Crippen molar-refractivity contribution in [3.05, 3.63) is 57.3 Å². The van der Waals surface area contributed by atoms with Gasteiger partial charge in [-0.3, -0.25) is 4.79 Å². The average Bonchev–Trinajstić information content (AvgIpc) is 2.80. The first-order valence-electron chi connectivity index (χ1n) is 5.66. The second-order valence-corrected chi connectivity index (χ2v) is 5.20. The molecule has 2 rings (SSSR count). The van der Waals surface area contributed by atoms with Crippen LogP contribution in [0.3, 0.4) is 0 Å². The van der Waals surface area contributed by atoms with Gasteiger partial charge in [-0.1, -0.05) is 6.92 Å². The van der Waals surface area contributed by atoms with Crippen molar-refractivity contribution in [2.24, 2.45) is 0 Å². The van der Waals surface area contributed by atoms with Gasteiger partial charge in [-0.25, -0.2) is 8.78 Å². The maximum absolute atomic E-state index is 13.4. The molecule has 0 bridgehead atoms. The van der Waals surface area contributed by atoms with Gasteiger partial charge < -0.3 is 0 Å². The molecule has 0 radical (unpaired) electrons. The third-order valence-electron chi connectivity index (χ3n) is 2.63. The predicted octanol–water partition coefficient (Wildman–Crippen LogP) is 4.01. The lowest BCUT2D eigenvalue weighted by atomic mass is 10.1. The summed E-state index contributed by atoms with van der Waals surface area (Å²) in [6.07, 6.45) is 1.03. The van der Waals surface area contributed by atoms with Crippen LogP contribution in [0.1, 0.15) is 27.0 Å². The molecule has 0 saturated heterocycles. The Hall–Kier alpha value is -1.55. The summed E-state index contributed by atoms with van der Waals surface area (Å²) in [5, 5.41) is 0. The van der Waals surface area contributed by atoms with Crippen molar-refractivity contribution >= 4 is 17.1 Å². The van der Waals surface area contributed by atoms with Crippen molar-refractivity contribution in [1.29, 1.82) is 0 Å². The first-order chi connectivity index (χ1) is 8.60. The Balaban J connectivity index is 2.19. The highest BCUT2D eigenvalue weighted by molar-refractivity contribution is 7.12. The molecule has 1 aromatic heterocycles. The molecular weight excluding hydrogens is 254 g/mol. The minimum atomic E-state index is -0.673. The molecular formula is C14H12F2OS. The van der Waals surface area contributed by atoms with Gasteiger partial charge in [-0.2, -0.15) is 0 Å². The summed E-state index contributed by atoms with van der Waals surface area (Å²) in [5.74, 6) is -1.66. The second-order valence-electron chi connectivity index (χ2n) is 3.95. The van der Waals surface area contributed by atoms with E-state index < -0.39 is 17.4 Å². The number of Topliss-reactive ketones (excluding diaryl/α,β-unsaturated/α-hetero) is 1. The van der Waals surface area contributed by atoms with Crippen LogP contribution in [0.2, 0.25) is 0 Å². The van der Waals surface area contributed by atoms with E-state index in [-0.39, 0.29) is 12.0 Å². The van der Waals surface area contributed by atoms with Gasteiger partial charge in [0.15, 0.2) is 5.78 Å². The Labute approximate surface area is 108 Å². The smallest absolute Gasteiger partial charge is 0.171 e. The predicted molar refractivity (Wildman–Crippen MR) is 68.1 cm³/mol. The molecule has 2 aromatic rings. The fraction of sp³-hybridized carbons (Fsp3) is 0.214. The number of aryl methyl sites for hydroxylation is 1. The van der Waals surface area contributed by atoms with Gasteiger partial charge in [-0.05, 0) is 36.8 Å². The van der Waals surface area contributed by atoms with E-state index >= 15 is 0 Å². The third kappa shape index (κ3) is 2.82. The minimum Gasteiger partial charge on any atom is -0.294 e. The molecule has 0 aliphatic heterocycles. The highest BCUT2D eigenvalue weighted by Crippen LogP contribution is 2.20. The first kappa shape index (κ1) is 12.9. The maximum Gasteiger partial charge on any atom is 0.171 e. The Bertz CT molecular complexity index is 575. The minimum absolute atomic E-state index is 0.116. The summed E-state index contributed by atoms with van der Waals surface area (Å²) < 4.78 is 26.4. The first-order valence-corrected chi connectivity index (χ1v) is 6.47. The van der Waals surface area contributed by atoms with Crippen molar-refractivity contribution in [3.63, 3.8) is 0 Å². The highest BCUT2D eigenvalue weighted by Gasteiger charge is 2.14. The number of carbonyl (C=O) groups excluding carboxylic acids is 1. The van der Waals surface area contributed by atoms with Gasteiger partial charge in [0.1, 0.15) is 11.6 Å². The van der Waals surface area contributed by atoms with E-state index in [1.54, 1.807) is 0 Å². The van der Waals surface area contributed by atoms with Crippen LogP contribution in [0.15, 0.2) is 30.3 Å². The summed E-state index contributed by atoms with van der Waals surface area (Å²) in [6, 6.07) is 6.75. The van der Waals surface area contributed by atoms with Crippen molar-refractivity contribution < 1.29 is 13.6 Å². The van der Waals surface area contributed by atoms with E-state index in [4.69, 9.17) is 0 Å². The van der Waals surface area contributed by atoms with Crippen molar-refractivity contribution in [3.8, 4) is 0 Å². The molecule has 4 heteroatoms. The Kier molecular flexibility index (Phi) is 3.87. The van der Waals surface area contributed by atoms with E-state index in [2.05, 4.69) is 0 Å². The van der Waals surface area contributed by atoms with E-state index in [9.17, 15) is 13.6 Å². The average molecular weight is 266 g/mol. The monoisotopic (exact) mass is 266 g/mol. The van der Waals surface area contributed by atoms with Gasteiger partial charge in [0, 0.05) is 16.2 Å². The van der Waals surface area contributed by atoms with Crippen LogP contribution in [-0.4, -0.2) is 5.78 Å². The van der Waals surface area contributed by atoms with Gasteiger partial charge in [-0.15, -0.1) is 11.3 Å². The number of rotatable bonds is 4. The van der Waals surface area contributed by atoms with Gasteiger partial charge in [0.05, 0.1) is 5.56 Å². The lowest BCUT2D eigenvalue weighted by Crippen LogP contribution is -2.05. The summed E-state index contributed by atoms with van der Waals surface area (Å²) in [6.45, 7) is 2.03. The van der Waals surface area contributed by atoms with Crippen LogP contribution < -0.4 is 0 Å². The fourth-order valence-electron chi connectivity index (χ4n) is 1.67. The SMILES string of the molecule is CCc1ccc(CC(=O)c2cc(F)ccc2F)s1. The van der Waals surface area contributed by atoms with Gasteiger partial charge in [0.2, 0.25) is 0 Å². The van der Waals surface area contributed by atoms with Crippen LogP contribution in [0.4, 0.5) is 8.78 Å². The summed E-state index contributed by atoms with van der Waals surface area (Å²) >= 11 is 1.53. The molecule has 0 N–H and O–H groups in total. The number of hydrogen-bond acceptors (Lipinski definition) is 2. The molecule has 1 nitrogen and oxygen atoms in total. The van der Waals surface area contributed by atoms with Gasteiger partial charge in [0.25, 0.3) is 0 Å². The molecule has 0 aliphatic rings. The summed E-state index contributed by atoms with van der Waals surface area (Å²) in [7, 11) is 0. The van der Waals surface area contributed by atoms with Crippen LogP contribution in [0.5, 0.6) is 0 Å². The zero-order valence-electron chi connectivity index (χ0n) is 9.87. The third-order valence-corrected chi connectivity index (χ3v) is 3.86. The molecule has 0 unspecified atom stereocenters. The molecule has 1 aromatic carbocycles. The molecule has 94 valence electrons. The molecule has 0 fully saturated rings. The number of halogens is 2. The number of benzene rings is 1. The van der Waals surface area contributed by atoms with Crippen molar-refractivity contribution in [1.82, 2.24) is 0 Å². The molecule has 0 spiro atoms. The van der Waals surface area contributed by atoms with E-state index in [1.807, 2.05) is 19.1 Å². The normalized spacial score (nSPS) is 10.6. The molecule has 1 heterocycles. The Morgan fingerprint density at radius 1 is 1.17 bits per heavy atom. The Morgan fingerprint density at radius 3 is 2.56 bits per heavy atom. The maximum atomic E-state index is 13.4. The second kappa shape index (κ2) is 5.40. The number of ketones is 1. The molecule has 0 amide bonds. The number of thiophene rings is 1. The molecule has 0 saturated carbocycles. The molecule has 0 aliphatic carbocycles. The van der Waals surface area contributed by atoms with E-state index in [0.717, 1.165) is 29.5 Å². The fourth-order valence-corrected chi connectivity index (χ4v) is 2.63. The standard InChI is InChI=1S/C14H12F2OS/c1-2-10-4-5-11(18-10)8-14(17)12-7-9(15)3-6-13(12)16/h3-7H,2,8H2,1H3. The van der Waals surface area contributed by atoms with Crippen LogP contribution in [0, 0.1) is 11.6 Å². The lowest BCUT2D eigenvalue weighted by molar-refractivity contribution is 0.0989. The number of carbonyl (C=O) groups is 1.